The highest BCUT2D eigenvalue weighted by Gasteiger charge is 2.25. The first kappa shape index (κ1) is 22.7. The Kier molecular flexibility index (Phi) is 7.55. The predicted octanol–water partition coefficient (Wildman–Crippen LogP) is 2.76. The number of nitrogens with zero attached hydrogens (tertiary/aromatic N) is 5. The molecule has 0 radical (unpaired) electrons. The normalized spacial score (nSPS) is 14.1. The van der Waals surface area contributed by atoms with Gasteiger partial charge in [0.2, 0.25) is 5.91 Å². The molecule has 1 saturated heterocycles. The molecule has 7 nitrogen and oxygen atoms in total. The molecule has 0 N–H and O–H groups in total. The molecule has 1 aromatic heterocycles. The number of benzene rings is 1. The van der Waals surface area contributed by atoms with Crippen molar-refractivity contribution in [2.45, 2.75) is 27.2 Å². The van der Waals surface area contributed by atoms with Gasteiger partial charge in [0.25, 0.3) is 5.91 Å². The van der Waals surface area contributed by atoms with Gasteiger partial charge in [0.15, 0.2) is 0 Å². The second-order valence-electron chi connectivity index (χ2n) is 8.26. The van der Waals surface area contributed by atoms with Gasteiger partial charge in [0.05, 0.1) is 17.6 Å². The highest BCUT2D eigenvalue weighted by atomic mass is 19.1. The van der Waals surface area contributed by atoms with E-state index < -0.39 is 0 Å². The molecule has 2 aromatic rings. The number of carbonyl (C=O) groups is 2. The summed E-state index contributed by atoms with van der Waals surface area (Å²) in [6.45, 7) is 9.00. The van der Waals surface area contributed by atoms with E-state index in [1.165, 1.54) is 12.3 Å². The van der Waals surface area contributed by atoms with Crippen LogP contribution in [0.5, 0.6) is 0 Å². The van der Waals surface area contributed by atoms with Crippen LogP contribution in [0.15, 0.2) is 36.7 Å². The summed E-state index contributed by atoms with van der Waals surface area (Å²) >= 11 is 0. The van der Waals surface area contributed by atoms with Crippen molar-refractivity contribution in [2.24, 2.45) is 5.92 Å². The highest BCUT2D eigenvalue weighted by Crippen LogP contribution is 2.20. The van der Waals surface area contributed by atoms with Crippen molar-refractivity contribution in [3.63, 3.8) is 0 Å². The number of rotatable bonds is 7. The number of hydrogen-bond donors (Lipinski definition) is 0. The summed E-state index contributed by atoms with van der Waals surface area (Å²) in [6.07, 6.45) is 3.30. The molecule has 3 rings (SSSR count). The van der Waals surface area contributed by atoms with Crippen LogP contribution in [0.4, 0.5) is 10.1 Å². The van der Waals surface area contributed by atoms with Crippen molar-refractivity contribution in [3.8, 4) is 0 Å². The number of hydrogen-bond acceptors (Lipinski definition) is 5. The third-order valence-electron chi connectivity index (χ3n) is 5.29. The molecule has 0 bridgehead atoms. The number of aromatic nitrogens is 2. The van der Waals surface area contributed by atoms with E-state index in [1.807, 2.05) is 31.7 Å². The second kappa shape index (κ2) is 10.3. The summed E-state index contributed by atoms with van der Waals surface area (Å²) in [5, 5.41) is 0. The van der Waals surface area contributed by atoms with E-state index in [2.05, 4.69) is 9.97 Å². The molecule has 8 heteroatoms. The molecule has 0 aliphatic carbocycles. The van der Waals surface area contributed by atoms with Gasteiger partial charge in [-0.05, 0) is 25.0 Å². The number of carbonyl (C=O) groups excluding carboxylic acids is 2. The lowest BCUT2D eigenvalue weighted by atomic mass is 10.2. The van der Waals surface area contributed by atoms with Crippen molar-refractivity contribution in [1.82, 2.24) is 19.8 Å². The Hall–Kier alpha value is -3.03. The molecule has 1 fully saturated rings. The van der Waals surface area contributed by atoms with Crippen LogP contribution >= 0.6 is 0 Å². The molecule has 0 spiro atoms. The predicted molar refractivity (Wildman–Crippen MR) is 117 cm³/mol. The lowest BCUT2D eigenvalue weighted by molar-refractivity contribution is -0.131. The maximum absolute atomic E-state index is 14.0. The largest absolute Gasteiger partial charge is 0.366 e. The monoisotopic (exact) mass is 427 g/mol. The Morgan fingerprint density at radius 1 is 1.10 bits per heavy atom. The van der Waals surface area contributed by atoms with Gasteiger partial charge in [-0.1, -0.05) is 26.0 Å². The van der Waals surface area contributed by atoms with E-state index >= 15 is 0 Å². The minimum Gasteiger partial charge on any atom is -0.366 e. The molecule has 1 aliphatic rings. The van der Waals surface area contributed by atoms with E-state index in [1.54, 1.807) is 28.1 Å². The van der Waals surface area contributed by atoms with E-state index in [0.29, 0.717) is 45.0 Å². The first-order valence-corrected chi connectivity index (χ1v) is 10.7. The first-order valence-electron chi connectivity index (χ1n) is 10.7. The molecular weight excluding hydrogens is 397 g/mol. The molecular formula is C23H30FN5O2. The summed E-state index contributed by atoms with van der Waals surface area (Å²) < 4.78 is 14.0. The Morgan fingerprint density at radius 3 is 2.42 bits per heavy atom. The molecule has 1 aromatic carbocycles. The van der Waals surface area contributed by atoms with Crippen LogP contribution in [0, 0.1) is 18.7 Å². The number of para-hydroxylation sites is 1. The molecule has 0 unspecified atom stereocenters. The Labute approximate surface area is 182 Å². The van der Waals surface area contributed by atoms with Gasteiger partial charge in [-0.25, -0.2) is 9.37 Å². The van der Waals surface area contributed by atoms with E-state index in [9.17, 15) is 14.0 Å². The molecule has 0 saturated carbocycles. The number of anilines is 1. The van der Waals surface area contributed by atoms with E-state index in [0.717, 1.165) is 5.69 Å². The zero-order valence-corrected chi connectivity index (χ0v) is 18.4. The Bertz CT molecular complexity index is 895. The van der Waals surface area contributed by atoms with Crippen LogP contribution in [0.25, 0.3) is 0 Å². The van der Waals surface area contributed by atoms with Crippen molar-refractivity contribution in [1.29, 1.82) is 0 Å². The average Bonchev–Trinajstić information content (AvgIpc) is 2.76. The fourth-order valence-corrected chi connectivity index (χ4v) is 3.68. The zero-order valence-electron chi connectivity index (χ0n) is 18.4. The van der Waals surface area contributed by atoms with Gasteiger partial charge in [0.1, 0.15) is 11.5 Å². The number of piperazine rings is 1. The van der Waals surface area contributed by atoms with Crippen molar-refractivity contribution in [3.05, 3.63) is 53.9 Å². The zero-order chi connectivity index (χ0) is 22.4. The number of amides is 2. The van der Waals surface area contributed by atoms with Crippen LogP contribution in [-0.2, 0) is 4.79 Å². The standard InChI is InChI=1S/C23H30FN5O2/c1-17(2)16-29(23(31)20-15-25-18(3)14-26-20)9-8-22(30)28-12-10-27(11-13-28)21-7-5-4-6-19(21)24/h4-7,14-15,17H,8-13,16H2,1-3H3. The van der Waals surface area contributed by atoms with Gasteiger partial charge in [0, 0.05) is 51.9 Å². The molecule has 2 amide bonds. The molecule has 166 valence electrons. The summed E-state index contributed by atoms with van der Waals surface area (Å²) in [5.41, 5.74) is 1.61. The van der Waals surface area contributed by atoms with Crippen molar-refractivity contribution < 1.29 is 14.0 Å². The van der Waals surface area contributed by atoms with Gasteiger partial charge in [-0.15, -0.1) is 0 Å². The molecule has 1 aliphatic heterocycles. The van der Waals surface area contributed by atoms with Gasteiger partial charge in [-0.2, -0.15) is 0 Å². The summed E-state index contributed by atoms with van der Waals surface area (Å²) in [6, 6.07) is 6.70. The van der Waals surface area contributed by atoms with Gasteiger partial charge in [-0.3, -0.25) is 14.6 Å². The Morgan fingerprint density at radius 2 is 1.81 bits per heavy atom. The smallest absolute Gasteiger partial charge is 0.274 e. The molecule has 0 atom stereocenters. The lowest BCUT2D eigenvalue weighted by Crippen LogP contribution is -2.49. The molecule has 2 heterocycles. The topological polar surface area (TPSA) is 69.6 Å². The first-order chi connectivity index (χ1) is 14.8. The van der Waals surface area contributed by atoms with Crippen LogP contribution < -0.4 is 4.90 Å². The Balaban J connectivity index is 1.55. The highest BCUT2D eigenvalue weighted by molar-refractivity contribution is 5.92. The lowest BCUT2D eigenvalue weighted by Gasteiger charge is -2.36. The fourth-order valence-electron chi connectivity index (χ4n) is 3.68. The maximum atomic E-state index is 14.0. The SMILES string of the molecule is Cc1cnc(C(=O)N(CCC(=O)N2CCN(c3ccccc3F)CC2)CC(C)C)cn1. The van der Waals surface area contributed by atoms with Gasteiger partial charge < -0.3 is 14.7 Å². The van der Waals surface area contributed by atoms with E-state index in [-0.39, 0.29) is 35.7 Å². The van der Waals surface area contributed by atoms with Crippen molar-refractivity contribution in [2.75, 3.05) is 44.2 Å². The van der Waals surface area contributed by atoms with Crippen LogP contribution in [0.2, 0.25) is 0 Å². The quantitative estimate of drug-likeness (QED) is 0.680. The minimum absolute atomic E-state index is 0.00438. The third kappa shape index (κ3) is 5.99. The van der Waals surface area contributed by atoms with Crippen LogP contribution in [-0.4, -0.2) is 70.9 Å². The fraction of sp³-hybridized carbons (Fsp3) is 0.478. The summed E-state index contributed by atoms with van der Waals surface area (Å²) in [7, 11) is 0. The summed E-state index contributed by atoms with van der Waals surface area (Å²) in [4.78, 5) is 39.4. The minimum atomic E-state index is -0.246. The average molecular weight is 428 g/mol. The second-order valence-corrected chi connectivity index (χ2v) is 8.26. The molecule has 31 heavy (non-hydrogen) atoms. The number of aryl methyl sites for hydroxylation is 1. The summed E-state index contributed by atoms with van der Waals surface area (Å²) in [5.74, 6) is -0.186. The number of halogens is 1. The van der Waals surface area contributed by atoms with Crippen molar-refractivity contribution >= 4 is 17.5 Å². The van der Waals surface area contributed by atoms with Crippen LogP contribution in [0.3, 0.4) is 0 Å². The van der Waals surface area contributed by atoms with Crippen LogP contribution in [0.1, 0.15) is 36.5 Å². The maximum Gasteiger partial charge on any atom is 0.274 e. The van der Waals surface area contributed by atoms with Gasteiger partial charge >= 0.3 is 0 Å². The third-order valence-corrected chi connectivity index (χ3v) is 5.29. The van der Waals surface area contributed by atoms with E-state index in [4.69, 9.17) is 0 Å².